The highest BCUT2D eigenvalue weighted by molar-refractivity contribution is 7.44. The molecular weight excluding hydrogens is 351 g/mol. The molecule has 0 aliphatic carbocycles. The number of carbonyl (C=O) groups is 1. The SMILES string of the molecule is CC.CCOC(=O)CCCCCOP(OCCC#N)N(C(C)C)C(C)C. The maximum atomic E-state index is 11.3. The molecule has 154 valence electrons. The van der Waals surface area contributed by atoms with Crippen LogP contribution in [0, 0.1) is 11.3 Å². The van der Waals surface area contributed by atoms with Gasteiger partial charge in [0.25, 0.3) is 8.53 Å². The molecule has 0 aromatic heterocycles. The molecule has 0 amide bonds. The summed E-state index contributed by atoms with van der Waals surface area (Å²) in [5.74, 6) is -0.133. The standard InChI is InChI=1S/C17H33N2O4P.C2H6/c1-6-21-17(20)11-8-7-9-13-22-24(23-14-10-12-18)19(15(2)3)16(4)5;1-2/h15-16H,6-11,13-14H2,1-5H3;1-2H3. The van der Waals surface area contributed by atoms with Gasteiger partial charge < -0.3 is 13.8 Å². The zero-order valence-electron chi connectivity index (χ0n) is 17.8. The number of rotatable bonds is 14. The van der Waals surface area contributed by atoms with Crippen molar-refractivity contribution in [1.82, 2.24) is 4.67 Å². The Labute approximate surface area is 162 Å². The van der Waals surface area contributed by atoms with E-state index < -0.39 is 8.53 Å². The minimum atomic E-state index is -1.16. The maximum Gasteiger partial charge on any atom is 0.305 e. The molecular formula is C19H39N2O4P. The topological polar surface area (TPSA) is 71.8 Å². The second kappa shape index (κ2) is 19.0. The van der Waals surface area contributed by atoms with Crippen LogP contribution in [0.4, 0.5) is 0 Å². The quantitative estimate of drug-likeness (QED) is 0.224. The third-order valence-corrected chi connectivity index (χ3v) is 5.30. The van der Waals surface area contributed by atoms with Crippen molar-refractivity contribution in [3.63, 3.8) is 0 Å². The van der Waals surface area contributed by atoms with Gasteiger partial charge in [0.2, 0.25) is 0 Å². The van der Waals surface area contributed by atoms with Crippen molar-refractivity contribution in [2.45, 2.75) is 92.7 Å². The lowest BCUT2D eigenvalue weighted by Gasteiger charge is -2.35. The lowest BCUT2D eigenvalue weighted by Crippen LogP contribution is -2.33. The molecule has 0 rings (SSSR count). The molecule has 0 fully saturated rings. The van der Waals surface area contributed by atoms with Gasteiger partial charge in [-0.05, 0) is 47.5 Å². The van der Waals surface area contributed by atoms with Crippen LogP contribution in [0.3, 0.4) is 0 Å². The summed E-state index contributed by atoms with van der Waals surface area (Å²) in [6.07, 6.45) is 3.44. The van der Waals surface area contributed by atoms with Gasteiger partial charge in [-0.2, -0.15) is 5.26 Å². The largest absolute Gasteiger partial charge is 0.466 e. The van der Waals surface area contributed by atoms with E-state index in [1.165, 1.54) is 0 Å². The van der Waals surface area contributed by atoms with Crippen molar-refractivity contribution in [2.24, 2.45) is 0 Å². The molecule has 0 aliphatic rings. The van der Waals surface area contributed by atoms with Crippen LogP contribution < -0.4 is 0 Å². The lowest BCUT2D eigenvalue weighted by atomic mass is 10.2. The van der Waals surface area contributed by atoms with E-state index in [1.54, 1.807) is 0 Å². The molecule has 0 aliphatic heterocycles. The second-order valence-electron chi connectivity index (χ2n) is 6.00. The number of nitrogens with zero attached hydrogens (tertiary/aromatic N) is 2. The predicted octanol–water partition coefficient (Wildman–Crippen LogP) is 5.43. The Morgan fingerprint density at radius 3 is 2.12 bits per heavy atom. The van der Waals surface area contributed by atoms with Gasteiger partial charge in [-0.3, -0.25) is 4.79 Å². The van der Waals surface area contributed by atoms with Crippen molar-refractivity contribution in [3.8, 4) is 6.07 Å². The van der Waals surface area contributed by atoms with Crippen molar-refractivity contribution in [3.05, 3.63) is 0 Å². The first-order chi connectivity index (χ1) is 12.4. The van der Waals surface area contributed by atoms with Crippen molar-refractivity contribution < 1.29 is 18.6 Å². The van der Waals surface area contributed by atoms with Crippen LogP contribution in [-0.2, 0) is 18.6 Å². The molecule has 0 aromatic carbocycles. The van der Waals surface area contributed by atoms with Gasteiger partial charge in [0.05, 0.1) is 32.3 Å². The predicted molar refractivity (Wildman–Crippen MR) is 108 cm³/mol. The highest BCUT2D eigenvalue weighted by Gasteiger charge is 2.26. The molecule has 7 heteroatoms. The van der Waals surface area contributed by atoms with Crippen molar-refractivity contribution in [1.29, 1.82) is 5.26 Å². The van der Waals surface area contributed by atoms with Crippen LogP contribution in [-0.4, -0.2) is 42.5 Å². The van der Waals surface area contributed by atoms with Gasteiger partial charge in [-0.1, -0.05) is 20.3 Å². The summed E-state index contributed by atoms with van der Waals surface area (Å²) in [5.41, 5.74) is 0. The van der Waals surface area contributed by atoms with Crippen LogP contribution in [0.25, 0.3) is 0 Å². The summed E-state index contributed by atoms with van der Waals surface area (Å²) >= 11 is 0. The number of nitriles is 1. The first-order valence-electron chi connectivity index (χ1n) is 9.80. The summed E-state index contributed by atoms with van der Waals surface area (Å²) in [4.78, 5) is 11.3. The number of hydrogen-bond acceptors (Lipinski definition) is 6. The van der Waals surface area contributed by atoms with Crippen LogP contribution in [0.15, 0.2) is 0 Å². The Bertz CT molecular complexity index is 365. The summed E-state index contributed by atoms with van der Waals surface area (Å²) < 4.78 is 18.9. The van der Waals surface area contributed by atoms with Crippen molar-refractivity contribution >= 4 is 14.5 Å². The van der Waals surface area contributed by atoms with Crippen molar-refractivity contribution in [2.75, 3.05) is 19.8 Å². The molecule has 26 heavy (non-hydrogen) atoms. The summed E-state index contributed by atoms with van der Waals surface area (Å²) in [5, 5.41) is 8.68. The Balaban J connectivity index is 0. The average molecular weight is 391 g/mol. The van der Waals surface area contributed by atoms with Gasteiger partial charge in [0, 0.05) is 18.5 Å². The van der Waals surface area contributed by atoms with E-state index in [-0.39, 0.29) is 5.97 Å². The third-order valence-electron chi connectivity index (χ3n) is 3.19. The fourth-order valence-corrected chi connectivity index (χ4v) is 3.87. The van der Waals surface area contributed by atoms with E-state index >= 15 is 0 Å². The number of unbranched alkanes of at least 4 members (excludes halogenated alkanes) is 2. The van der Waals surface area contributed by atoms with Gasteiger partial charge >= 0.3 is 5.97 Å². The third kappa shape index (κ3) is 14.4. The fourth-order valence-electron chi connectivity index (χ4n) is 2.24. The molecule has 1 unspecified atom stereocenters. The summed E-state index contributed by atoms with van der Waals surface area (Å²) in [7, 11) is -1.16. The highest BCUT2D eigenvalue weighted by Crippen LogP contribution is 2.46. The summed E-state index contributed by atoms with van der Waals surface area (Å²) in [6, 6.07) is 2.71. The van der Waals surface area contributed by atoms with Crippen LogP contribution in [0.1, 0.15) is 80.6 Å². The van der Waals surface area contributed by atoms with Gasteiger partial charge in [0.1, 0.15) is 0 Å². The molecule has 0 N–H and O–H groups in total. The van der Waals surface area contributed by atoms with E-state index in [9.17, 15) is 4.79 Å². The first-order valence-corrected chi connectivity index (χ1v) is 10.9. The highest BCUT2D eigenvalue weighted by atomic mass is 31.2. The van der Waals surface area contributed by atoms with E-state index in [2.05, 4.69) is 38.4 Å². The average Bonchev–Trinajstić information content (AvgIpc) is 2.59. The molecule has 0 spiro atoms. The van der Waals surface area contributed by atoms with Gasteiger partial charge in [0.15, 0.2) is 0 Å². The zero-order chi connectivity index (χ0) is 20.4. The van der Waals surface area contributed by atoms with Crippen LogP contribution in [0.2, 0.25) is 0 Å². The van der Waals surface area contributed by atoms with Crippen LogP contribution in [0.5, 0.6) is 0 Å². The monoisotopic (exact) mass is 390 g/mol. The van der Waals surface area contributed by atoms with E-state index in [0.29, 0.717) is 44.7 Å². The molecule has 0 heterocycles. The Hall–Kier alpha value is -0.730. The molecule has 1 atom stereocenters. The molecule has 0 bridgehead atoms. The number of hydrogen-bond donors (Lipinski definition) is 0. The van der Waals surface area contributed by atoms with E-state index in [0.717, 1.165) is 19.3 Å². The molecule has 0 aromatic rings. The van der Waals surface area contributed by atoms with E-state index in [4.69, 9.17) is 19.0 Å². The second-order valence-corrected chi connectivity index (χ2v) is 7.45. The molecule has 6 nitrogen and oxygen atoms in total. The van der Waals surface area contributed by atoms with Gasteiger partial charge in [-0.15, -0.1) is 0 Å². The summed E-state index contributed by atoms with van der Waals surface area (Å²) in [6.45, 7) is 15.7. The lowest BCUT2D eigenvalue weighted by molar-refractivity contribution is -0.143. The first kappa shape index (κ1) is 27.5. The molecule has 0 saturated carbocycles. The number of esters is 1. The Morgan fingerprint density at radius 2 is 1.62 bits per heavy atom. The normalized spacial score (nSPS) is 11.9. The molecule has 0 saturated heterocycles. The maximum absolute atomic E-state index is 11.3. The number of ether oxygens (including phenoxy) is 1. The molecule has 0 radical (unpaired) electrons. The minimum absolute atomic E-state index is 0.133. The van der Waals surface area contributed by atoms with E-state index in [1.807, 2.05) is 20.8 Å². The Morgan fingerprint density at radius 1 is 1.04 bits per heavy atom. The van der Waals surface area contributed by atoms with Gasteiger partial charge in [-0.25, -0.2) is 4.67 Å². The minimum Gasteiger partial charge on any atom is -0.466 e. The van der Waals surface area contributed by atoms with Crippen LogP contribution >= 0.6 is 8.53 Å². The zero-order valence-corrected chi connectivity index (χ0v) is 18.7. The Kier molecular flexibility index (Phi) is 20.1. The number of carbonyl (C=O) groups excluding carboxylic acids is 1. The smallest absolute Gasteiger partial charge is 0.305 e. The fraction of sp³-hybridized carbons (Fsp3) is 0.895.